The van der Waals surface area contributed by atoms with E-state index in [1.165, 1.54) is 186 Å². The SMILES string of the molecule is CCCCCC/C=C\CCCCCCCC(=O)OC(COC(=O)CCCCCCCCC/C=C\CCCCCCCC)COC(=O)CCCCCCCCCCCCCCC. The first-order chi connectivity index (χ1) is 30.0. The van der Waals surface area contributed by atoms with E-state index in [0.717, 1.165) is 64.2 Å². The Labute approximate surface area is 379 Å². The number of carbonyl (C=O) groups is 3. The van der Waals surface area contributed by atoms with E-state index in [9.17, 15) is 14.4 Å². The lowest BCUT2D eigenvalue weighted by Crippen LogP contribution is -2.30. The minimum atomic E-state index is -0.772. The Morgan fingerprint density at radius 3 is 0.836 bits per heavy atom. The van der Waals surface area contributed by atoms with Gasteiger partial charge in [-0.15, -0.1) is 0 Å². The molecule has 0 aromatic rings. The smallest absolute Gasteiger partial charge is 0.306 e. The third-order valence-electron chi connectivity index (χ3n) is 11.9. The fourth-order valence-electron chi connectivity index (χ4n) is 7.84. The third-order valence-corrected chi connectivity index (χ3v) is 11.9. The Bertz CT molecular complexity index is 989. The summed E-state index contributed by atoms with van der Waals surface area (Å²) in [5.74, 6) is -0.871. The molecule has 0 rings (SSSR count). The molecule has 0 N–H and O–H groups in total. The van der Waals surface area contributed by atoms with Crippen LogP contribution in [0.2, 0.25) is 0 Å². The summed E-state index contributed by atoms with van der Waals surface area (Å²) in [5, 5.41) is 0. The molecule has 0 aromatic heterocycles. The van der Waals surface area contributed by atoms with Crippen molar-refractivity contribution in [2.24, 2.45) is 0 Å². The summed E-state index contributed by atoms with van der Waals surface area (Å²) in [6.07, 6.45) is 57.3. The van der Waals surface area contributed by atoms with E-state index in [0.29, 0.717) is 19.3 Å². The molecule has 1 unspecified atom stereocenters. The van der Waals surface area contributed by atoms with Gasteiger partial charge in [0, 0.05) is 19.3 Å². The van der Waals surface area contributed by atoms with Crippen LogP contribution in [0.3, 0.4) is 0 Å². The molecule has 61 heavy (non-hydrogen) atoms. The van der Waals surface area contributed by atoms with Crippen LogP contribution < -0.4 is 0 Å². The topological polar surface area (TPSA) is 78.9 Å². The summed E-state index contributed by atoms with van der Waals surface area (Å²) in [5.41, 5.74) is 0. The molecule has 0 heterocycles. The maximum absolute atomic E-state index is 12.8. The van der Waals surface area contributed by atoms with Crippen molar-refractivity contribution in [3.63, 3.8) is 0 Å². The van der Waals surface area contributed by atoms with Gasteiger partial charge in [0.2, 0.25) is 0 Å². The molecule has 0 saturated heterocycles. The number of unbranched alkanes of at least 4 members (excludes halogenated alkanes) is 34. The van der Waals surface area contributed by atoms with E-state index in [2.05, 4.69) is 45.1 Å². The second kappa shape index (κ2) is 50.5. The summed E-state index contributed by atoms with van der Waals surface area (Å²) >= 11 is 0. The molecule has 0 spiro atoms. The van der Waals surface area contributed by atoms with Crippen LogP contribution in [-0.4, -0.2) is 37.2 Å². The van der Waals surface area contributed by atoms with Crippen LogP contribution >= 0.6 is 0 Å². The lowest BCUT2D eigenvalue weighted by Gasteiger charge is -2.18. The van der Waals surface area contributed by atoms with E-state index in [1.807, 2.05) is 0 Å². The van der Waals surface area contributed by atoms with Crippen LogP contribution in [0.25, 0.3) is 0 Å². The van der Waals surface area contributed by atoms with Gasteiger partial charge < -0.3 is 14.2 Å². The van der Waals surface area contributed by atoms with Crippen LogP contribution in [0.1, 0.15) is 290 Å². The molecule has 0 fully saturated rings. The highest BCUT2D eigenvalue weighted by atomic mass is 16.6. The average molecular weight is 859 g/mol. The lowest BCUT2D eigenvalue weighted by molar-refractivity contribution is -0.167. The van der Waals surface area contributed by atoms with E-state index in [1.54, 1.807) is 0 Å². The summed E-state index contributed by atoms with van der Waals surface area (Å²) in [7, 11) is 0. The number of hydrogen-bond acceptors (Lipinski definition) is 6. The Kier molecular flexibility index (Phi) is 48.8. The monoisotopic (exact) mass is 859 g/mol. The zero-order chi connectivity index (χ0) is 44.4. The zero-order valence-electron chi connectivity index (χ0n) is 40.9. The molecule has 0 bridgehead atoms. The fourth-order valence-corrected chi connectivity index (χ4v) is 7.84. The predicted molar refractivity (Wildman–Crippen MR) is 261 cm³/mol. The number of allylic oxidation sites excluding steroid dienone is 4. The molecular formula is C55H102O6. The van der Waals surface area contributed by atoms with Crippen LogP contribution in [0.15, 0.2) is 24.3 Å². The lowest BCUT2D eigenvalue weighted by atomic mass is 10.0. The highest BCUT2D eigenvalue weighted by Crippen LogP contribution is 2.16. The molecule has 0 aliphatic heterocycles. The molecule has 0 aromatic carbocycles. The number of carbonyl (C=O) groups excluding carboxylic acids is 3. The number of hydrogen-bond donors (Lipinski definition) is 0. The first-order valence-corrected chi connectivity index (χ1v) is 26.8. The quantitative estimate of drug-likeness (QED) is 0.0262. The normalized spacial score (nSPS) is 12.1. The van der Waals surface area contributed by atoms with Crippen molar-refractivity contribution >= 4 is 17.9 Å². The van der Waals surface area contributed by atoms with Gasteiger partial charge in [0.05, 0.1) is 0 Å². The van der Waals surface area contributed by atoms with Gasteiger partial charge in [0.25, 0.3) is 0 Å². The molecule has 6 heteroatoms. The molecule has 6 nitrogen and oxygen atoms in total. The number of esters is 3. The van der Waals surface area contributed by atoms with Gasteiger partial charge in [-0.1, -0.05) is 225 Å². The summed E-state index contributed by atoms with van der Waals surface area (Å²) in [4.78, 5) is 38.0. The highest BCUT2D eigenvalue weighted by Gasteiger charge is 2.19. The van der Waals surface area contributed by atoms with E-state index in [4.69, 9.17) is 14.2 Å². The number of rotatable bonds is 49. The van der Waals surface area contributed by atoms with Gasteiger partial charge in [-0.3, -0.25) is 14.4 Å². The summed E-state index contributed by atoms with van der Waals surface area (Å²) in [6.45, 7) is 6.64. The maximum Gasteiger partial charge on any atom is 0.306 e. The zero-order valence-corrected chi connectivity index (χ0v) is 40.9. The summed E-state index contributed by atoms with van der Waals surface area (Å²) in [6, 6.07) is 0. The Morgan fingerprint density at radius 1 is 0.311 bits per heavy atom. The van der Waals surface area contributed by atoms with Gasteiger partial charge in [-0.05, 0) is 70.6 Å². The summed E-state index contributed by atoms with van der Waals surface area (Å²) < 4.78 is 16.8. The van der Waals surface area contributed by atoms with E-state index in [-0.39, 0.29) is 31.1 Å². The molecule has 1 atom stereocenters. The van der Waals surface area contributed by atoms with Crippen molar-refractivity contribution in [3.05, 3.63) is 24.3 Å². The van der Waals surface area contributed by atoms with E-state index < -0.39 is 6.10 Å². The second-order valence-electron chi connectivity index (χ2n) is 18.1. The molecule has 0 aliphatic carbocycles. The minimum absolute atomic E-state index is 0.0721. The van der Waals surface area contributed by atoms with Crippen molar-refractivity contribution in [1.29, 1.82) is 0 Å². The van der Waals surface area contributed by atoms with Crippen molar-refractivity contribution in [1.82, 2.24) is 0 Å². The molecule has 358 valence electrons. The maximum atomic E-state index is 12.8. The van der Waals surface area contributed by atoms with Gasteiger partial charge in [0.15, 0.2) is 6.10 Å². The second-order valence-corrected chi connectivity index (χ2v) is 18.1. The Balaban J connectivity index is 4.34. The van der Waals surface area contributed by atoms with E-state index >= 15 is 0 Å². The molecule has 0 radical (unpaired) electrons. The molecule has 0 aliphatic rings. The van der Waals surface area contributed by atoms with Crippen LogP contribution in [0.5, 0.6) is 0 Å². The van der Waals surface area contributed by atoms with Crippen molar-refractivity contribution in [3.8, 4) is 0 Å². The Morgan fingerprint density at radius 2 is 0.541 bits per heavy atom. The van der Waals surface area contributed by atoms with Crippen molar-refractivity contribution < 1.29 is 28.6 Å². The van der Waals surface area contributed by atoms with Gasteiger partial charge in [-0.25, -0.2) is 0 Å². The fraction of sp³-hybridized carbons (Fsp3) is 0.873. The van der Waals surface area contributed by atoms with Gasteiger partial charge in [0.1, 0.15) is 13.2 Å². The standard InChI is InChI=1S/C55H102O6/c1-4-7-10-13-16-19-22-25-26-27-28-31-33-36-39-42-45-48-54(57)60-51-52(61-55(58)49-46-43-40-37-34-30-24-21-18-15-12-9-6-3)50-59-53(56)47-44-41-38-35-32-29-23-20-17-14-11-8-5-2/h21,24-26,52H,4-20,22-23,27-51H2,1-3H3/b24-21-,26-25-. The predicted octanol–water partition coefficient (Wildman–Crippen LogP) is 17.5. The Hall–Kier alpha value is -2.11. The van der Waals surface area contributed by atoms with Crippen LogP contribution in [0, 0.1) is 0 Å². The molecule has 0 saturated carbocycles. The van der Waals surface area contributed by atoms with Crippen LogP contribution in [-0.2, 0) is 28.6 Å². The van der Waals surface area contributed by atoms with Crippen molar-refractivity contribution in [2.75, 3.05) is 13.2 Å². The third kappa shape index (κ3) is 48.8. The molecule has 0 amide bonds. The first-order valence-electron chi connectivity index (χ1n) is 26.8. The highest BCUT2D eigenvalue weighted by molar-refractivity contribution is 5.71. The van der Waals surface area contributed by atoms with Crippen molar-refractivity contribution in [2.45, 2.75) is 297 Å². The average Bonchev–Trinajstić information content (AvgIpc) is 3.26. The van der Waals surface area contributed by atoms with Gasteiger partial charge >= 0.3 is 17.9 Å². The minimum Gasteiger partial charge on any atom is -0.462 e. The molecular weight excluding hydrogens is 757 g/mol. The largest absolute Gasteiger partial charge is 0.462 e. The number of ether oxygens (including phenoxy) is 3. The van der Waals surface area contributed by atoms with Gasteiger partial charge in [-0.2, -0.15) is 0 Å². The first kappa shape index (κ1) is 58.9. The van der Waals surface area contributed by atoms with Crippen LogP contribution in [0.4, 0.5) is 0 Å².